The van der Waals surface area contributed by atoms with Crippen molar-refractivity contribution in [2.24, 2.45) is 0 Å². The monoisotopic (exact) mass is 346 g/mol. The second kappa shape index (κ2) is 7.80. The van der Waals surface area contributed by atoms with Crippen molar-refractivity contribution >= 4 is 23.5 Å². The number of carboxylic acids is 1. The summed E-state index contributed by atoms with van der Waals surface area (Å²) in [7, 11) is 0. The van der Waals surface area contributed by atoms with Gasteiger partial charge >= 0.3 is 12.1 Å². The Labute approximate surface area is 136 Å². The third-order valence-electron chi connectivity index (χ3n) is 3.02. The summed E-state index contributed by atoms with van der Waals surface area (Å²) in [6, 6.07) is 1.14. The van der Waals surface area contributed by atoms with E-state index >= 15 is 0 Å². The first kappa shape index (κ1) is 19.5. The highest BCUT2D eigenvalue weighted by molar-refractivity contribution is 5.98. The largest absolute Gasteiger partial charge is 0.480 e. The van der Waals surface area contributed by atoms with E-state index in [1.165, 1.54) is 0 Å². The number of carbonyl (C=O) groups excluding carboxylic acids is 2. The SMILES string of the molecule is CCCC(NC(=O)c1cc(NC(C)=O)cc(C(F)(F)F)c1)C(=O)O. The second-order valence-electron chi connectivity index (χ2n) is 5.13. The predicted octanol–water partition coefficient (Wildman–Crippen LogP) is 2.65. The van der Waals surface area contributed by atoms with E-state index in [1.807, 2.05) is 0 Å². The summed E-state index contributed by atoms with van der Waals surface area (Å²) in [6.07, 6.45) is -4.12. The van der Waals surface area contributed by atoms with Crippen LogP contribution in [-0.2, 0) is 15.8 Å². The molecule has 0 aliphatic rings. The average Bonchev–Trinajstić information content (AvgIpc) is 2.44. The highest BCUT2D eigenvalue weighted by Gasteiger charge is 2.32. The Morgan fingerprint density at radius 1 is 1.21 bits per heavy atom. The van der Waals surface area contributed by atoms with Gasteiger partial charge in [0, 0.05) is 18.2 Å². The van der Waals surface area contributed by atoms with Gasteiger partial charge in [0.25, 0.3) is 5.91 Å². The van der Waals surface area contributed by atoms with Gasteiger partial charge in [-0.05, 0) is 24.6 Å². The fraction of sp³-hybridized carbons (Fsp3) is 0.400. The van der Waals surface area contributed by atoms with Crippen LogP contribution in [0.1, 0.15) is 42.6 Å². The third kappa shape index (κ3) is 5.56. The number of carboxylic acid groups (broad SMARTS) is 1. The summed E-state index contributed by atoms with van der Waals surface area (Å²) >= 11 is 0. The molecule has 0 saturated heterocycles. The number of hydrogen-bond acceptors (Lipinski definition) is 3. The molecule has 6 nitrogen and oxygen atoms in total. The number of amides is 2. The van der Waals surface area contributed by atoms with Crippen LogP contribution in [0.15, 0.2) is 18.2 Å². The summed E-state index contributed by atoms with van der Waals surface area (Å²) in [4.78, 5) is 34.2. The number of rotatable bonds is 6. The molecule has 3 N–H and O–H groups in total. The molecule has 0 spiro atoms. The summed E-state index contributed by atoms with van der Waals surface area (Å²) in [6.45, 7) is 2.82. The van der Waals surface area contributed by atoms with Crippen molar-refractivity contribution < 1.29 is 32.7 Å². The van der Waals surface area contributed by atoms with Crippen LogP contribution in [0.4, 0.5) is 18.9 Å². The number of hydrogen-bond donors (Lipinski definition) is 3. The Morgan fingerprint density at radius 3 is 2.29 bits per heavy atom. The molecular formula is C15H17F3N2O4. The van der Waals surface area contributed by atoms with Crippen molar-refractivity contribution in [1.29, 1.82) is 0 Å². The minimum absolute atomic E-state index is 0.137. The molecule has 2 amide bonds. The van der Waals surface area contributed by atoms with Crippen LogP contribution in [0.2, 0.25) is 0 Å². The molecule has 24 heavy (non-hydrogen) atoms. The molecule has 0 heterocycles. The fourth-order valence-electron chi connectivity index (χ4n) is 1.99. The smallest absolute Gasteiger partial charge is 0.416 e. The average molecular weight is 346 g/mol. The molecule has 1 aromatic rings. The zero-order valence-electron chi connectivity index (χ0n) is 13.0. The standard InChI is InChI=1S/C15H17F3N2O4/c1-3-4-12(14(23)24)20-13(22)9-5-10(15(16,17)18)7-11(6-9)19-8(2)21/h5-7,12H,3-4H2,1-2H3,(H,19,21)(H,20,22)(H,23,24). The van der Waals surface area contributed by atoms with Crippen LogP contribution in [0.25, 0.3) is 0 Å². The Bertz CT molecular complexity index is 644. The quantitative estimate of drug-likeness (QED) is 0.738. The number of aliphatic carboxylic acids is 1. The first-order valence-corrected chi connectivity index (χ1v) is 7.08. The van der Waals surface area contributed by atoms with E-state index in [-0.39, 0.29) is 12.1 Å². The van der Waals surface area contributed by atoms with Gasteiger partial charge in [-0.25, -0.2) is 4.79 Å². The van der Waals surface area contributed by atoms with Gasteiger partial charge in [0.1, 0.15) is 6.04 Å². The van der Waals surface area contributed by atoms with Crippen LogP contribution >= 0.6 is 0 Å². The van der Waals surface area contributed by atoms with Crippen LogP contribution < -0.4 is 10.6 Å². The van der Waals surface area contributed by atoms with Gasteiger partial charge in [0.15, 0.2) is 0 Å². The molecule has 0 aliphatic carbocycles. The third-order valence-corrected chi connectivity index (χ3v) is 3.02. The van der Waals surface area contributed by atoms with Crippen LogP contribution in [0.5, 0.6) is 0 Å². The zero-order valence-corrected chi connectivity index (χ0v) is 13.0. The molecule has 0 bridgehead atoms. The van der Waals surface area contributed by atoms with Crippen molar-refractivity contribution in [1.82, 2.24) is 5.32 Å². The molecule has 1 unspecified atom stereocenters. The second-order valence-corrected chi connectivity index (χ2v) is 5.13. The molecule has 1 aromatic carbocycles. The van der Waals surface area contributed by atoms with E-state index in [1.54, 1.807) is 6.92 Å². The maximum atomic E-state index is 12.9. The molecule has 0 radical (unpaired) electrons. The number of nitrogens with one attached hydrogen (secondary N) is 2. The number of carbonyl (C=O) groups is 3. The van der Waals surface area contributed by atoms with Crippen molar-refractivity contribution in [3.8, 4) is 0 Å². The van der Waals surface area contributed by atoms with E-state index in [0.717, 1.165) is 13.0 Å². The molecule has 9 heteroatoms. The van der Waals surface area contributed by atoms with E-state index in [4.69, 9.17) is 5.11 Å². The molecule has 0 aliphatic heterocycles. The van der Waals surface area contributed by atoms with E-state index in [2.05, 4.69) is 10.6 Å². The van der Waals surface area contributed by atoms with Gasteiger partial charge in [0.2, 0.25) is 5.91 Å². The lowest BCUT2D eigenvalue weighted by Gasteiger charge is -2.16. The summed E-state index contributed by atoms with van der Waals surface area (Å²) in [5.41, 5.74) is -1.72. The molecular weight excluding hydrogens is 329 g/mol. The van der Waals surface area contributed by atoms with E-state index in [9.17, 15) is 27.6 Å². The first-order valence-electron chi connectivity index (χ1n) is 7.08. The fourth-order valence-corrected chi connectivity index (χ4v) is 1.99. The Kier molecular flexibility index (Phi) is 6.33. The molecule has 0 aromatic heterocycles. The molecule has 132 valence electrons. The topological polar surface area (TPSA) is 95.5 Å². The zero-order chi connectivity index (χ0) is 18.5. The van der Waals surface area contributed by atoms with Gasteiger partial charge in [0.05, 0.1) is 5.56 Å². The minimum Gasteiger partial charge on any atom is -0.480 e. The predicted molar refractivity (Wildman–Crippen MR) is 79.5 cm³/mol. The van der Waals surface area contributed by atoms with E-state index < -0.39 is 41.1 Å². The molecule has 0 saturated carbocycles. The Morgan fingerprint density at radius 2 is 1.83 bits per heavy atom. The summed E-state index contributed by atoms with van der Waals surface area (Å²) < 4.78 is 38.8. The Hall–Kier alpha value is -2.58. The van der Waals surface area contributed by atoms with Gasteiger partial charge < -0.3 is 15.7 Å². The molecule has 1 atom stereocenters. The van der Waals surface area contributed by atoms with E-state index in [0.29, 0.717) is 18.6 Å². The van der Waals surface area contributed by atoms with Gasteiger partial charge in [-0.15, -0.1) is 0 Å². The molecule has 1 rings (SSSR count). The minimum atomic E-state index is -4.72. The van der Waals surface area contributed by atoms with Gasteiger partial charge in [-0.1, -0.05) is 13.3 Å². The maximum absolute atomic E-state index is 12.9. The lowest BCUT2D eigenvalue weighted by Crippen LogP contribution is -2.40. The number of alkyl halides is 3. The van der Waals surface area contributed by atoms with Crippen molar-refractivity contribution in [3.63, 3.8) is 0 Å². The summed E-state index contributed by atoms with van der Waals surface area (Å²) in [5.74, 6) is -2.84. The highest BCUT2D eigenvalue weighted by Crippen LogP contribution is 2.32. The normalized spacial score (nSPS) is 12.4. The van der Waals surface area contributed by atoms with Gasteiger partial charge in [-0.3, -0.25) is 9.59 Å². The van der Waals surface area contributed by atoms with Crippen molar-refractivity contribution in [2.75, 3.05) is 5.32 Å². The van der Waals surface area contributed by atoms with Crippen LogP contribution in [-0.4, -0.2) is 28.9 Å². The van der Waals surface area contributed by atoms with Crippen molar-refractivity contribution in [2.45, 2.75) is 38.9 Å². The van der Waals surface area contributed by atoms with Gasteiger partial charge in [-0.2, -0.15) is 13.2 Å². The number of anilines is 1. The Balaban J connectivity index is 3.18. The van der Waals surface area contributed by atoms with Crippen LogP contribution in [0.3, 0.4) is 0 Å². The lowest BCUT2D eigenvalue weighted by molar-refractivity contribution is -0.139. The van der Waals surface area contributed by atoms with Crippen LogP contribution in [0, 0.1) is 0 Å². The molecule has 0 fully saturated rings. The highest BCUT2D eigenvalue weighted by atomic mass is 19.4. The lowest BCUT2D eigenvalue weighted by atomic mass is 10.1. The van der Waals surface area contributed by atoms with Crippen molar-refractivity contribution in [3.05, 3.63) is 29.3 Å². The maximum Gasteiger partial charge on any atom is 0.416 e. The summed E-state index contributed by atoms with van der Waals surface area (Å²) in [5, 5.41) is 13.4. The number of halogens is 3. The number of benzene rings is 1. The first-order chi connectivity index (χ1) is 11.0.